The molecule has 0 saturated carbocycles. The lowest BCUT2D eigenvalue weighted by atomic mass is 10.2. The average Bonchev–Trinajstić information content (AvgIpc) is 2.85. The molecule has 1 aliphatic rings. The summed E-state index contributed by atoms with van der Waals surface area (Å²) < 4.78 is 0. The van der Waals surface area contributed by atoms with Gasteiger partial charge in [0.1, 0.15) is 0 Å². The molecule has 1 heterocycles. The Bertz CT molecular complexity index is 371. The Hall–Kier alpha value is -0.670. The molecule has 2 rings (SSSR count). The molecule has 1 aromatic carbocycles. The minimum absolute atomic E-state index is 0.210. The molecule has 1 amide bonds. The van der Waals surface area contributed by atoms with Gasteiger partial charge in [-0.25, -0.2) is 0 Å². The molecule has 0 N–H and O–H groups in total. The summed E-state index contributed by atoms with van der Waals surface area (Å²) >= 11 is 7.46. The van der Waals surface area contributed by atoms with E-state index in [1.165, 1.54) is 0 Å². The molecule has 0 aliphatic carbocycles. The van der Waals surface area contributed by atoms with Crippen LogP contribution in [0.1, 0.15) is 12.8 Å². The van der Waals surface area contributed by atoms with Crippen LogP contribution in [0.5, 0.6) is 0 Å². The number of carbonyl (C=O) groups is 1. The van der Waals surface area contributed by atoms with Gasteiger partial charge < -0.3 is 4.90 Å². The highest BCUT2D eigenvalue weighted by Gasteiger charge is 2.27. The van der Waals surface area contributed by atoms with E-state index in [9.17, 15) is 4.79 Å². The van der Waals surface area contributed by atoms with Crippen molar-refractivity contribution in [1.82, 2.24) is 4.90 Å². The van der Waals surface area contributed by atoms with Crippen molar-refractivity contribution in [1.29, 1.82) is 0 Å². The van der Waals surface area contributed by atoms with Gasteiger partial charge in [0.25, 0.3) is 0 Å². The lowest BCUT2D eigenvalue weighted by Crippen LogP contribution is -2.37. The normalized spacial score (nSPS) is 19.6. The zero-order valence-corrected chi connectivity index (χ0v) is 11.2. The molecular formula is C13H16ClNOS. The summed E-state index contributed by atoms with van der Waals surface area (Å²) in [5.74, 6) is 1.28. The molecule has 17 heavy (non-hydrogen) atoms. The van der Waals surface area contributed by atoms with Crippen molar-refractivity contribution in [2.45, 2.75) is 23.8 Å². The van der Waals surface area contributed by atoms with Gasteiger partial charge in [0.2, 0.25) is 5.91 Å². The Kier molecular flexibility index (Phi) is 4.75. The first kappa shape index (κ1) is 12.8. The topological polar surface area (TPSA) is 20.3 Å². The van der Waals surface area contributed by atoms with Crippen LogP contribution in [0.15, 0.2) is 35.2 Å². The number of alkyl halides is 1. The van der Waals surface area contributed by atoms with Crippen LogP contribution in [0, 0.1) is 0 Å². The van der Waals surface area contributed by atoms with Crippen LogP contribution in [-0.2, 0) is 4.79 Å². The Morgan fingerprint density at radius 3 is 2.88 bits per heavy atom. The van der Waals surface area contributed by atoms with E-state index >= 15 is 0 Å². The molecule has 1 unspecified atom stereocenters. The van der Waals surface area contributed by atoms with Gasteiger partial charge in [0.15, 0.2) is 0 Å². The summed E-state index contributed by atoms with van der Waals surface area (Å²) in [4.78, 5) is 15.1. The maximum Gasteiger partial charge on any atom is 0.233 e. The van der Waals surface area contributed by atoms with Gasteiger partial charge in [-0.05, 0) is 25.0 Å². The first-order valence-corrected chi connectivity index (χ1v) is 7.36. The summed E-state index contributed by atoms with van der Waals surface area (Å²) in [7, 11) is 0. The summed E-state index contributed by atoms with van der Waals surface area (Å²) in [6, 6.07) is 10.3. The maximum absolute atomic E-state index is 12.0. The second-order valence-electron chi connectivity index (χ2n) is 4.14. The number of hydrogen-bond acceptors (Lipinski definition) is 2. The van der Waals surface area contributed by atoms with Crippen LogP contribution in [0.25, 0.3) is 0 Å². The van der Waals surface area contributed by atoms with Crippen molar-refractivity contribution in [3.8, 4) is 0 Å². The number of likely N-dealkylation sites (tertiary alicyclic amines) is 1. The zero-order valence-electron chi connectivity index (χ0n) is 9.64. The third-order valence-corrected chi connectivity index (χ3v) is 4.33. The fourth-order valence-corrected chi connectivity index (χ4v) is 3.20. The highest BCUT2D eigenvalue weighted by Crippen LogP contribution is 2.22. The Morgan fingerprint density at radius 2 is 2.18 bits per heavy atom. The molecule has 92 valence electrons. The largest absolute Gasteiger partial charge is 0.338 e. The van der Waals surface area contributed by atoms with Crippen LogP contribution in [0.3, 0.4) is 0 Å². The van der Waals surface area contributed by atoms with Crippen molar-refractivity contribution in [3.05, 3.63) is 30.3 Å². The summed E-state index contributed by atoms with van der Waals surface area (Å²) in [6.45, 7) is 0.867. The number of hydrogen-bond donors (Lipinski definition) is 0. The third kappa shape index (κ3) is 3.39. The van der Waals surface area contributed by atoms with Gasteiger partial charge in [-0.15, -0.1) is 23.4 Å². The maximum atomic E-state index is 12.0. The van der Waals surface area contributed by atoms with E-state index < -0.39 is 0 Å². The number of thioether (sulfide) groups is 1. The monoisotopic (exact) mass is 269 g/mol. The fraction of sp³-hybridized carbons (Fsp3) is 0.462. The molecule has 0 bridgehead atoms. The van der Waals surface area contributed by atoms with Crippen LogP contribution >= 0.6 is 23.4 Å². The van der Waals surface area contributed by atoms with E-state index in [1.807, 2.05) is 35.2 Å². The van der Waals surface area contributed by atoms with Crippen LogP contribution in [0.2, 0.25) is 0 Å². The summed E-state index contributed by atoms with van der Waals surface area (Å²) in [5.41, 5.74) is 0. The Balaban J connectivity index is 1.85. The van der Waals surface area contributed by atoms with E-state index in [0.29, 0.717) is 11.6 Å². The molecule has 1 fully saturated rings. The van der Waals surface area contributed by atoms with E-state index in [1.54, 1.807) is 11.8 Å². The average molecular weight is 270 g/mol. The van der Waals surface area contributed by atoms with Crippen LogP contribution in [-0.4, -0.2) is 35.0 Å². The van der Waals surface area contributed by atoms with Gasteiger partial charge in [0, 0.05) is 23.4 Å². The quantitative estimate of drug-likeness (QED) is 0.619. The highest BCUT2D eigenvalue weighted by molar-refractivity contribution is 8.00. The fourth-order valence-electron chi connectivity index (χ4n) is 2.07. The molecule has 0 spiro atoms. The first-order chi connectivity index (χ1) is 8.31. The SMILES string of the molecule is O=C(CSc1ccccc1)N1CCCC1CCl. The molecule has 4 heteroatoms. The Morgan fingerprint density at radius 1 is 1.41 bits per heavy atom. The Labute approximate surface area is 111 Å². The van der Waals surface area contributed by atoms with Crippen molar-refractivity contribution in [3.63, 3.8) is 0 Å². The molecule has 2 nitrogen and oxygen atoms in total. The number of nitrogens with zero attached hydrogens (tertiary/aromatic N) is 1. The predicted octanol–water partition coefficient (Wildman–Crippen LogP) is 3.01. The molecule has 1 atom stereocenters. The molecule has 1 aliphatic heterocycles. The number of rotatable bonds is 4. The van der Waals surface area contributed by atoms with Crippen LogP contribution < -0.4 is 0 Å². The van der Waals surface area contributed by atoms with Gasteiger partial charge in [0.05, 0.1) is 5.75 Å². The van der Waals surface area contributed by atoms with Crippen molar-refractivity contribution in [2.75, 3.05) is 18.2 Å². The first-order valence-electron chi connectivity index (χ1n) is 5.84. The van der Waals surface area contributed by atoms with E-state index in [0.717, 1.165) is 24.3 Å². The standard InChI is InChI=1S/C13H16ClNOS/c14-9-11-5-4-8-15(11)13(16)10-17-12-6-2-1-3-7-12/h1-3,6-7,11H,4-5,8-10H2. The minimum Gasteiger partial charge on any atom is -0.338 e. The number of halogens is 1. The lowest BCUT2D eigenvalue weighted by Gasteiger charge is -2.22. The van der Waals surface area contributed by atoms with E-state index in [-0.39, 0.29) is 11.9 Å². The highest BCUT2D eigenvalue weighted by atomic mass is 35.5. The minimum atomic E-state index is 0.210. The molecule has 0 aromatic heterocycles. The predicted molar refractivity (Wildman–Crippen MR) is 72.6 cm³/mol. The zero-order chi connectivity index (χ0) is 12.1. The van der Waals surface area contributed by atoms with Crippen molar-refractivity contribution < 1.29 is 4.79 Å². The summed E-state index contributed by atoms with van der Waals surface area (Å²) in [5, 5.41) is 0. The lowest BCUT2D eigenvalue weighted by molar-refractivity contribution is -0.128. The second kappa shape index (κ2) is 6.31. The van der Waals surface area contributed by atoms with Gasteiger partial charge in [-0.1, -0.05) is 18.2 Å². The second-order valence-corrected chi connectivity index (χ2v) is 5.50. The van der Waals surface area contributed by atoms with Gasteiger partial charge in [-0.3, -0.25) is 4.79 Å². The number of carbonyl (C=O) groups excluding carboxylic acids is 1. The summed E-state index contributed by atoms with van der Waals surface area (Å²) in [6.07, 6.45) is 2.13. The number of benzene rings is 1. The molecular weight excluding hydrogens is 254 g/mol. The van der Waals surface area contributed by atoms with E-state index in [2.05, 4.69) is 0 Å². The van der Waals surface area contributed by atoms with Gasteiger partial charge >= 0.3 is 0 Å². The molecule has 1 saturated heterocycles. The number of amides is 1. The molecule has 1 aromatic rings. The van der Waals surface area contributed by atoms with Gasteiger partial charge in [-0.2, -0.15) is 0 Å². The molecule has 0 radical (unpaired) electrons. The van der Waals surface area contributed by atoms with Crippen LogP contribution in [0.4, 0.5) is 0 Å². The van der Waals surface area contributed by atoms with E-state index in [4.69, 9.17) is 11.6 Å². The van der Waals surface area contributed by atoms with Crippen molar-refractivity contribution in [2.24, 2.45) is 0 Å². The smallest absolute Gasteiger partial charge is 0.233 e. The van der Waals surface area contributed by atoms with Crippen molar-refractivity contribution >= 4 is 29.3 Å². The third-order valence-electron chi connectivity index (χ3n) is 2.98.